The van der Waals surface area contributed by atoms with E-state index in [1.54, 1.807) is 0 Å². The van der Waals surface area contributed by atoms with E-state index in [1.807, 2.05) is 11.8 Å². The van der Waals surface area contributed by atoms with Crippen LogP contribution in [0.25, 0.3) is 11.1 Å². The molecule has 0 fully saturated rings. The van der Waals surface area contributed by atoms with E-state index in [0.29, 0.717) is 0 Å². The van der Waals surface area contributed by atoms with Crippen LogP contribution in [0.3, 0.4) is 0 Å². The van der Waals surface area contributed by atoms with Crippen LogP contribution in [0.5, 0.6) is 0 Å². The summed E-state index contributed by atoms with van der Waals surface area (Å²) < 4.78 is 40.1. The smallest absolute Gasteiger partial charge is 0.418 e. The van der Waals surface area contributed by atoms with Gasteiger partial charge in [-0.3, -0.25) is 0 Å². The van der Waals surface area contributed by atoms with Crippen molar-refractivity contribution < 1.29 is 17.3 Å². The van der Waals surface area contributed by atoms with Crippen LogP contribution in [-0.2, 0) is 10.9 Å². The van der Waals surface area contributed by atoms with Crippen molar-refractivity contribution in [2.45, 2.75) is 24.5 Å². The molecule has 0 N–H and O–H groups in total. The van der Waals surface area contributed by atoms with Gasteiger partial charge in [0, 0.05) is 4.47 Å². The van der Waals surface area contributed by atoms with E-state index in [4.69, 9.17) is 0 Å². The summed E-state index contributed by atoms with van der Waals surface area (Å²) >= 11 is 5.40. The lowest BCUT2D eigenvalue weighted by atomic mass is 10.1. The molecule has 1 heterocycles. The third kappa shape index (κ3) is 5.60. The topological polar surface area (TPSA) is 0 Å². The summed E-state index contributed by atoms with van der Waals surface area (Å²) in [5.74, 6) is 0. The number of rotatable bonds is 2. The fourth-order valence-electron chi connectivity index (χ4n) is 3.32. The van der Waals surface area contributed by atoms with Crippen LogP contribution < -0.4 is 0 Å². The lowest BCUT2D eigenvalue weighted by molar-refractivity contribution is 0.368. The molecule has 4 aromatic carbocycles. The van der Waals surface area contributed by atoms with Crippen molar-refractivity contribution in [1.82, 2.24) is 0 Å². The summed E-state index contributed by atoms with van der Waals surface area (Å²) in [6, 6.07) is 35.2. The van der Waals surface area contributed by atoms with Crippen molar-refractivity contribution in [3.8, 4) is 11.1 Å². The summed E-state index contributed by atoms with van der Waals surface area (Å²) in [6.07, 6.45) is 0. The predicted molar refractivity (Wildman–Crippen MR) is 129 cm³/mol. The summed E-state index contributed by atoms with van der Waals surface area (Å²) in [5, 5.41) is 0. The van der Waals surface area contributed by atoms with Gasteiger partial charge < -0.3 is 17.3 Å². The molecule has 0 atom stereocenters. The number of halogens is 5. The predicted octanol–water partition coefficient (Wildman–Crippen LogP) is 8.98. The van der Waals surface area contributed by atoms with Gasteiger partial charge in [0.05, 0.1) is 9.79 Å². The van der Waals surface area contributed by atoms with E-state index in [0.717, 1.165) is 4.47 Å². The quantitative estimate of drug-likeness (QED) is 0.124. The standard InChI is InChI=1S/C24H16BrS2.BF4/c25-19-13-9-17(10-14-19)18-11-15-20(16-12-18)27-23-7-3-1-5-21(23)26-22-6-2-4-8-24(22)27;2-1(3,4)5/h1-16H;/q+1;-1. The second kappa shape index (κ2) is 9.77. The van der Waals surface area contributed by atoms with E-state index in [-0.39, 0.29) is 10.9 Å². The number of fused-ring (bicyclic) bond motifs is 2. The minimum Gasteiger partial charge on any atom is -0.418 e. The molecule has 0 aromatic heterocycles. The van der Waals surface area contributed by atoms with Crippen LogP contribution >= 0.6 is 27.7 Å². The Kier molecular flexibility index (Phi) is 7.03. The van der Waals surface area contributed by atoms with Crippen molar-refractivity contribution >= 4 is 45.8 Å². The first-order valence-corrected chi connectivity index (χ1v) is 12.5. The second-order valence-corrected chi connectivity index (χ2v) is 10.8. The molecular weight excluding hydrogens is 519 g/mol. The molecule has 0 amide bonds. The highest BCUT2D eigenvalue weighted by molar-refractivity contribution is 9.10. The Bertz CT molecular complexity index is 1160. The first-order chi connectivity index (χ1) is 15.3. The van der Waals surface area contributed by atoms with Gasteiger partial charge in [0.25, 0.3) is 0 Å². The molecule has 4 aromatic rings. The van der Waals surface area contributed by atoms with Crippen molar-refractivity contribution in [1.29, 1.82) is 0 Å². The van der Waals surface area contributed by atoms with Gasteiger partial charge >= 0.3 is 7.25 Å². The average Bonchev–Trinajstić information content (AvgIpc) is 2.77. The molecule has 0 unspecified atom stereocenters. The Morgan fingerprint density at radius 2 is 1.00 bits per heavy atom. The number of hydrogen-bond acceptors (Lipinski definition) is 1. The molecule has 0 radical (unpaired) electrons. The van der Waals surface area contributed by atoms with E-state index in [1.165, 1.54) is 35.6 Å². The van der Waals surface area contributed by atoms with Gasteiger partial charge in [0.15, 0.2) is 14.7 Å². The highest BCUT2D eigenvalue weighted by atomic mass is 79.9. The van der Waals surface area contributed by atoms with Crippen molar-refractivity contribution in [2.75, 3.05) is 0 Å². The van der Waals surface area contributed by atoms with Gasteiger partial charge in [-0.1, -0.05) is 64.1 Å². The highest BCUT2D eigenvalue weighted by Gasteiger charge is 2.37. The normalized spacial score (nSPS) is 12.9. The molecule has 0 nitrogen and oxygen atoms in total. The fraction of sp³-hybridized carbons (Fsp3) is 0. The molecule has 8 heteroatoms. The van der Waals surface area contributed by atoms with Crippen molar-refractivity contribution in [2.24, 2.45) is 0 Å². The third-order valence-electron chi connectivity index (χ3n) is 4.63. The maximum atomic E-state index is 9.75. The van der Waals surface area contributed by atoms with Crippen LogP contribution in [0.15, 0.2) is 126 Å². The lowest BCUT2D eigenvalue weighted by Gasteiger charge is -2.18. The van der Waals surface area contributed by atoms with Gasteiger partial charge in [0.2, 0.25) is 0 Å². The van der Waals surface area contributed by atoms with Crippen LogP contribution in [0.4, 0.5) is 17.3 Å². The maximum absolute atomic E-state index is 9.75. The summed E-state index contributed by atoms with van der Waals surface area (Å²) in [7, 11) is -6.05. The second-order valence-electron chi connectivity index (χ2n) is 6.83. The molecule has 0 bridgehead atoms. The van der Waals surface area contributed by atoms with E-state index in [2.05, 4.69) is 113 Å². The molecule has 1 aliphatic heterocycles. The molecule has 0 saturated heterocycles. The zero-order valence-electron chi connectivity index (χ0n) is 16.5. The summed E-state index contributed by atoms with van der Waals surface area (Å²) in [6.45, 7) is 0. The van der Waals surface area contributed by atoms with Crippen LogP contribution in [0.1, 0.15) is 0 Å². The van der Waals surface area contributed by atoms with E-state index < -0.39 is 7.25 Å². The van der Waals surface area contributed by atoms with Gasteiger partial charge in [-0.15, -0.1) is 0 Å². The van der Waals surface area contributed by atoms with Gasteiger partial charge in [0.1, 0.15) is 10.9 Å². The highest BCUT2D eigenvalue weighted by Crippen LogP contribution is 2.48. The van der Waals surface area contributed by atoms with E-state index in [9.17, 15) is 17.3 Å². The van der Waals surface area contributed by atoms with Gasteiger partial charge in [-0.2, -0.15) is 0 Å². The van der Waals surface area contributed by atoms with Gasteiger partial charge in [-0.05, 0) is 71.8 Å². The summed E-state index contributed by atoms with van der Waals surface area (Å²) in [4.78, 5) is 6.97. The average molecular weight is 535 g/mol. The number of benzene rings is 4. The number of hydrogen-bond donors (Lipinski definition) is 0. The Morgan fingerprint density at radius 3 is 1.47 bits per heavy atom. The third-order valence-corrected chi connectivity index (χ3v) is 8.90. The zero-order valence-corrected chi connectivity index (χ0v) is 19.7. The van der Waals surface area contributed by atoms with Gasteiger partial charge in [-0.25, -0.2) is 0 Å². The van der Waals surface area contributed by atoms with Crippen LogP contribution in [-0.4, -0.2) is 7.25 Å². The molecule has 5 rings (SSSR count). The Morgan fingerprint density at radius 1 is 0.594 bits per heavy atom. The molecule has 32 heavy (non-hydrogen) atoms. The lowest BCUT2D eigenvalue weighted by Crippen LogP contribution is -2.10. The minimum absolute atomic E-state index is 0.0546. The summed E-state index contributed by atoms with van der Waals surface area (Å²) in [5.41, 5.74) is 2.50. The molecule has 162 valence electrons. The SMILES string of the molecule is Brc1ccc(-c2ccc([S+]3c4ccccc4Sc4ccccc43)cc2)cc1.F[B-](F)(F)F. The molecule has 1 aliphatic rings. The minimum atomic E-state index is -6.00. The Hall–Kier alpha value is -2.16. The van der Waals surface area contributed by atoms with Crippen LogP contribution in [0, 0.1) is 0 Å². The fourth-order valence-corrected chi connectivity index (χ4v) is 7.33. The zero-order chi connectivity index (χ0) is 22.7. The van der Waals surface area contributed by atoms with E-state index >= 15 is 0 Å². The monoisotopic (exact) mass is 534 g/mol. The molecule has 0 saturated carbocycles. The molecule has 0 spiro atoms. The first kappa shape index (κ1) is 23.0. The maximum Gasteiger partial charge on any atom is 0.673 e. The van der Waals surface area contributed by atoms with Crippen LogP contribution in [0.2, 0.25) is 0 Å². The molecular formula is C24H16BBrF4S2. The Balaban J connectivity index is 0.000000444. The molecule has 0 aliphatic carbocycles. The van der Waals surface area contributed by atoms with Crippen molar-refractivity contribution in [3.05, 3.63) is 102 Å². The van der Waals surface area contributed by atoms with Crippen molar-refractivity contribution in [3.63, 3.8) is 0 Å². The Labute approximate surface area is 199 Å². The first-order valence-electron chi connectivity index (χ1n) is 9.63. The largest absolute Gasteiger partial charge is 0.673 e.